The summed E-state index contributed by atoms with van der Waals surface area (Å²) < 4.78 is 1.83. The molecule has 0 aromatic carbocycles. The third kappa shape index (κ3) is 2.55. The van der Waals surface area contributed by atoms with Crippen LogP contribution in [0.1, 0.15) is 19.2 Å². The first kappa shape index (κ1) is 12.3. The lowest BCUT2D eigenvalue weighted by atomic mass is 10.1. The zero-order valence-electron chi connectivity index (χ0n) is 10.3. The fourth-order valence-electron chi connectivity index (χ4n) is 1.71. The first-order chi connectivity index (χ1) is 8.58. The highest BCUT2D eigenvalue weighted by Crippen LogP contribution is 2.13. The largest absolute Gasteiger partial charge is 0.481 e. The minimum atomic E-state index is -0.797. The molecule has 0 fully saturated rings. The monoisotopic (exact) mass is 249 g/mol. The number of hydrogen-bond acceptors (Lipinski definition) is 5. The summed E-state index contributed by atoms with van der Waals surface area (Å²) in [5.41, 5.74) is 0.650. The van der Waals surface area contributed by atoms with Crippen LogP contribution < -0.4 is 5.32 Å². The molecule has 0 bridgehead atoms. The van der Waals surface area contributed by atoms with Crippen molar-refractivity contribution in [1.29, 1.82) is 0 Å². The van der Waals surface area contributed by atoms with Crippen molar-refractivity contribution in [3.8, 4) is 0 Å². The fourth-order valence-corrected chi connectivity index (χ4v) is 1.71. The Morgan fingerprint density at radius 3 is 3.06 bits per heavy atom. The van der Waals surface area contributed by atoms with Crippen LogP contribution in [0.15, 0.2) is 12.4 Å². The Kier molecular flexibility index (Phi) is 3.40. The topological polar surface area (TPSA) is 92.4 Å². The SMILES string of the molecule is Cc1nnc2c(NCC(C)CC(=O)O)nccn12. The van der Waals surface area contributed by atoms with Crippen molar-refractivity contribution in [2.45, 2.75) is 20.3 Å². The molecule has 0 saturated heterocycles. The van der Waals surface area contributed by atoms with Gasteiger partial charge < -0.3 is 10.4 Å². The van der Waals surface area contributed by atoms with Gasteiger partial charge in [0.25, 0.3) is 0 Å². The molecular weight excluding hydrogens is 234 g/mol. The van der Waals surface area contributed by atoms with E-state index < -0.39 is 5.97 Å². The van der Waals surface area contributed by atoms with Crippen molar-refractivity contribution < 1.29 is 9.90 Å². The molecule has 0 amide bonds. The van der Waals surface area contributed by atoms with Gasteiger partial charge in [-0.05, 0) is 12.8 Å². The number of anilines is 1. The van der Waals surface area contributed by atoms with Gasteiger partial charge in [-0.1, -0.05) is 6.92 Å². The number of carboxylic acid groups (broad SMARTS) is 1. The number of rotatable bonds is 5. The normalized spacial score (nSPS) is 12.6. The molecule has 0 aliphatic rings. The third-order valence-corrected chi connectivity index (χ3v) is 2.64. The molecule has 0 aliphatic heterocycles. The molecule has 2 aromatic rings. The van der Waals surface area contributed by atoms with E-state index in [0.717, 1.165) is 5.82 Å². The van der Waals surface area contributed by atoms with E-state index in [2.05, 4.69) is 20.5 Å². The van der Waals surface area contributed by atoms with Crippen molar-refractivity contribution in [2.24, 2.45) is 5.92 Å². The molecule has 1 atom stereocenters. The predicted molar refractivity (Wildman–Crippen MR) is 65.4 cm³/mol. The summed E-state index contributed by atoms with van der Waals surface area (Å²) in [5, 5.41) is 19.8. The van der Waals surface area contributed by atoms with Gasteiger partial charge in [-0.15, -0.1) is 10.2 Å². The van der Waals surface area contributed by atoms with Crippen LogP contribution in [0.25, 0.3) is 5.65 Å². The van der Waals surface area contributed by atoms with Gasteiger partial charge >= 0.3 is 5.97 Å². The lowest BCUT2D eigenvalue weighted by molar-refractivity contribution is -0.137. The smallest absolute Gasteiger partial charge is 0.303 e. The molecule has 2 aromatic heterocycles. The first-order valence-corrected chi connectivity index (χ1v) is 5.70. The van der Waals surface area contributed by atoms with Gasteiger partial charge in [0.05, 0.1) is 0 Å². The molecule has 2 heterocycles. The third-order valence-electron chi connectivity index (χ3n) is 2.64. The summed E-state index contributed by atoms with van der Waals surface area (Å²) in [4.78, 5) is 14.8. The summed E-state index contributed by atoms with van der Waals surface area (Å²) in [5.74, 6) is 0.631. The van der Waals surface area contributed by atoms with Crippen LogP contribution in [0, 0.1) is 12.8 Å². The van der Waals surface area contributed by atoms with Gasteiger partial charge in [-0.25, -0.2) is 4.98 Å². The predicted octanol–water partition coefficient (Wildman–Crippen LogP) is 0.955. The number of carboxylic acids is 1. The van der Waals surface area contributed by atoms with E-state index in [1.54, 1.807) is 12.4 Å². The van der Waals surface area contributed by atoms with Gasteiger partial charge in [0, 0.05) is 25.4 Å². The number of nitrogens with zero attached hydrogens (tertiary/aromatic N) is 4. The second-order valence-corrected chi connectivity index (χ2v) is 4.30. The van der Waals surface area contributed by atoms with Gasteiger partial charge in [0.15, 0.2) is 5.82 Å². The molecule has 7 heteroatoms. The van der Waals surface area contributed by atoms with Crippen LogP contribution in [0.4, 0.5) is 5.82 Å². The van der Waals surface area contributed by atoms with Crippen LogP contribution in [-0.4, -0.2) is 37.2 Å². The maximum atomic E-state index is 10.6. The summed E-state index contributed by atoms with van der Waals surface area (Å²) in [6, 6.07) is 0. The van der Waals surface area contributed by atoms with Gasteiger partial charge in [0.1, 0.15) is 5.82 Å². The standard InChI is InChI=1S/C11H15N5O2/c1-7(5-9(17)18)6-13-10-11-15-14-8(2)16(11)4-3-12-10/h3-4,7H,5-6H2,1-2H3,(H,12,13)(H,17,18). The maximum absolute atomic E-state index is 10.6. The minimum Gasteiger partial charge on any atom is -0.481 e. The number of aromatic nitrogens is 4. The second kappa shape index (κ2) is 4.99. The molecule has 1 unspecified atom stereocenters. The number of aryl methyl sites for hydroxylation is 1. The van der Waals surface area contributed by atoms with E-state index in [0.29, 0.717) is 18.0 Å². The van der Waals surface area contributed by atoms with E-state index in [1.807, 2.05) is 18.2 Å². The lowest BCUT2D eigenvalue weighted by Gasteiger charge is -2.10. The zero-order chi connectivity index (χ0) is 13.1. The van der Waals surface area contributed by atoms with Gasteiger partial charge in [-0.2, -0.15) is 0 Å². The van der Waals surface area contributed by atoms with E-state index in [1.165, 1.54) is 0 Å². The van der Waals surface area contributed by atoms with Crippen LogP contribution in [0.2, 0.25) is 0 Å². The van der Waals surface area contributed by atoms with E-state index >= 15 is 0 Å². The number of carbonyl (C=O) groups is 1. The van der Waals surface area contributed by atoms with Crippen LogP contribution in [0.3, 0.4) is 0 Å². The van der Waals surface area contributed by atoms with Gasteiger partial charge in [0.2, 0.25) is 5.65 Å². The molecule has 7 nitrogen and oxygen atoms in total. The van der Waals surface area contributed by atoms with Crippen molar-refractivity contribution in [3.05, 3.63) is 18.2 Å². The highest BCUT2D eigenvalue weighted by atomic mass is 16.4. The number of aliphatic carboxylic acids is 1. The second-order valence-electron chi connectivity index (χ2n) is 4.30. The van der Waals surface area contributed by atoms with Crippen molar-refractivity contribution >= 4 is 17.4 Å². The van der Waals surface area contributed by atoms with E-state index in [-0.39, 0.29) is 12.3 Å². The Morgan fingerprint density at radius 2 is 2.33 bits per heavy atom. The first-order valence-electron chi connectivity index (χ1n) is 5.70. The summed E-state index contributed by atoms with van der Waals surface area (Å²) in [6.45, 7) is 4.26. The van der Waals surface area contributed by atoms with Crippen LogP contribution in [0.5, 0.6) is 0 Å². The molecule has 96 valence electrons. The number of fused-ring (bicyclic) bond motifs is 1. The average Bonchev–Trinajstić information content (AvgIpc) is 2.68. The molecule has 0 radical (unpaired) electrons. The lowest BCUT2D eigenvalue weighted by Crippen LogP contribution is -2.16. The number of nitrogens with one attached hydrogen (secondary N) is 1. The Hall–Kier alpha value is -2.18. The summed E-state index contributed by atoms with van der Waals surface area (Å²) >= 11 is 0. The highest BCUT2D eigenvalue weighted by molar-refractivity contribution is 5.67. The Bertz CT molecular complexity index is 566. The van der Waals surface area contributed by atoms with Crippen molar-refractivity contribution in [2.75, 3.05) is 11.9 Å². The average molecular weight is 249 g/mol. The molecule has 18 heavy (non-hydrogen) atoms. The Balaban J connectivity index is 2.10. The summed E-state index contributed by atoms with van der Waals surface area (Å²) in [6.07, 6.45) is 3.58. The zero-order valence-corrected chi connectivity index (χ0v) is 10.3. The Labute approximate surface area is 104 Å². The molecular formula is C11H15N5O2. The molecule has 0 saturated carbocycles. The van der Waals surface area contributed by atoms with Crippen LogP contribution >= 0.6 is 0 Å². The molecule has 0 spiro atoms. The van der Waals surface area contributed by atoms with Crippen molar-refractivity contribution in [1.82, 2.24) is 19.6 Å². The van der Waals surface area contributed by atoms with Crippen LogP contribution in [-0.2, 0) is 4.79 Å². The molecule has 2 N–H and O–H groups in total. The summed E-state index contributed by atoms with van der Waals surface area (Å²) in [7, 11) is 0. The molecule has 2 rings (SSSR count). The van der Waals surface area contributed by atoms with Gasteiger partial charge in [-0.3, -0.25) is 9.20 Å². The maximum Gasteiger partial charge on any atom is 0.303 e. The fraction of sp³-hybridized carbons (Fsp3) is 0.455. The Morgan fingerprint density at radius 1 is 1.56 bits per heavy atom. The number of hydrogen-bond donors (Lipinski definition) is 2. The van der Waals surface area contributed by atoms with Crippen molar-refractivity contribution in [3.63, 3.8) is 0 Å². The quantitative estimate of drug-likeness (QED) is 0.819. The molecule has 0 aliphatic carbocycles. The van der Waals surface area contributed by atoms with E-state index in [9.17, 15) is 4.79 Å². The highest BCUT2D eigenvalue weighted by Gasteiger charge is 2.10. The van der Waals surface area contributed by atoms with E-state index in [4.69, 9.17) is 5.11 Å². The minimum absolute atomic E-state index is 0.0218.